The van der Waals surface area contributed by atoms with Crippen molar-refractivity contribution < 1.29 is 4.39 Å². The maximum Gasteiger partial charge on any atom is 0.258 e. The second kappa shape index (κ2) is 5.82. The highest BCUT2D eigenvalue weighted by Gasteiger charge is 2.36. The number of halogens is 1. The van der Waals surface area contributed by atoms with Crippen LogP contribution in [0.25, 0.3) is 10.8 Å². The SMILES string of the molecule is O=c1c2cccc3c2c(cn1[C@H]1CN2CCC1CC2)NN3c1ccc(F)cc1. The second-order valence-electron chi connectivity index (χ2n) is 8.08. The molecule has 3 aromatic rings. The number of pyridine rings is 1. The van der Waals surface area contributed by atoms with E-state index in [9.17, 15) is 9.18 Å². The van der Waals surface area contributed by atoms with Crippen molar-refractivity contribution in [3.63, 3.8) is 0 Å². The van der Waals surface area contributed by atoms with Crippen molar-refractivity contribution in [3.05, 3.63) is 64.8 Å². The summed E-state index contributed by atoms with van der Waals surface area (Å²) in [7, 11) is 0. The molecule has 0 spiro atoms. The number of hydrazine groups is 1. The summed E-state index contributed by atoms with van der Waals surface area (Å²) in [6.07, 6.45) is 4.32. The van der Waals surface area contributed by atoms with Crippen molar-refractivity contribution >= 4 is 27.8 Å². The number of benzene rings is 2. The largest absolute Gasteiger partial charge is 0.308 e. The number of piperidine rings is 3. The zero-order valence-corrected chi connectivity index (χ0v) is 15.4. The Morgan fingerprint density at radius 1 is 1.04 bits per heavy atom. The molecular weight excluding hydrogens is 355 g/mol. The molecule has 142 valence electrons. The Labute approximate surface area is 162 Å². The minimum Gasteiger partial charge on any atom is -0.308 e. The highest BCUT2D eigenvalue weighted by molar-refractivity contribution is 6.08. The molecule has 2 aromatic carbocycles. The van der Waals surface area contributed by atoms with E-state index in [-0.39, 0.29) is 17.4 Å². The van der Waals surface area contributed by atoms with Crippen LogP contribution in [0.15, 0.2) is 53.5 Å². The Hall–Kier alpha value is -2.86. The molecule has 0 unspecified atom stereocenters. The van der Waals surface area contributed by atoms with Gasteiger partial charge in [0, 0.05) is 18.1 Å². The molecule has 1 aromatic heterocycles. The lowest BCUT2D eigenvalue weighted by Gasteiger charge is -2.45. The molecule has 1 atom stereocenters. The Bertz CT molecular complexity index is 1130. The fraction of sp³-hybridized carbons (Fsp3) is 0.318. The van der Waals surface area contributed by atoms with E-state index in [0.717, 1.165) is 47.5 Å². The first kappa shape index (κ1) is 16.1. The van der Waals surface area contributed by atoms with Crippen molar-refractivity contribution in [1.29, 1.82) is 0 Å². The molecule has 0 amide bonds. The van der Waals surface area contributed by atoms with E-state index >= 15 is 0 Å². The predicted octanol–water partition coefficient (Wildman–Crippen LogP) is 3.89. The van der Waals surface area contributed by atoms with E-state index in [1.807, 2.05) is 34.0 Å². The van der Waals surface area contributed by atoms with Crippen LogP contribution in [-0.2, 0) is 0 Å². The number of aromatic nitrogens is 1. The summed E-state index contributed by atoms with van der Waals surface area (Å²) in [6.45, 7) is 3.26. The Morgan fingerprint density at radius 3 is 2.54 bits per heavy atom. The summed E-state index contributed by atoms with van der Waals surface area (Å²) in [5.41, 5.74) is 6.22. The summed E-state index contributed by atoms with van der Waals surface area (Å²) >= 11 is 0. The van der Waals surface area contributed by atoms with Crippen LogP contribution in [-0.4, -0.2) is 29.1 Å². The monoisotopic (exact) mass is 376 g/mol. The number of hydrogen-bond donors (Lipinski definition) is 1. The van der Waals surface area contributed by atoms with Gasteiger partial charge in [-0.2, -0.15) is 0 Å². The molecule has 4 aliphatic rings. The number of fused-ring (bicyclic) bond motifs is 3. The van der Waals surface area contributed by atoms with Crippen LogP contribution in [0.5, 0.6) is 0 Å². The Morgan fingerprint density at radius 2 is 1.82 bits per heavy atom. The molecule has 2 bridgehead atoms. The summed E-state index contributed by atoms with van der Waals surface area (Å²) in [5, 5.41) is 3.61. The third kappa shape index (κ3) is 2.24. The Kier molecular flexibility index (Phi) is 3.35. The van der Waals surface area contributed by atoms with E-state index in [0.29, 0.717) is 5.92 Å². The molecule has 5 heterocycles. The van der Waals surface area contributed by atoms with Gasteiger partial charge < -0.3 is 9.47 Å². The maximum absolute atomic E-state index is 13.4. The highest BCUT2D eigenvalue weighted by Crippen LogP contribution is 2.43. The van der Waals surface area contributed by atoms with Gasteiger partial charge in [0.15, 0.2) is 0 Å². The van der Waals surface area contributed by atoms with Gasteiger partial charge in [0.1, 0.15) is 5.82 Å². The van der Waals surface area contributed by atoms with Crippen LogP contribution in [0.4, 0.5) is 21.5 Å². The zero-order chi connectivity index (χ0) is 18.8. The van der Waals surface area contributed by atoms with Crippen LogP contribution >= 0.6 is 0 Å². The number of nitrogens with one attached hydrogen (secondary N) is 1. The van der Waals surface area contributed by atoms with Crippen molar-refractivity contribution in [2.45, 2.75) is 18.9 Å². The molecule has 3 saturated heterocycles. The summed E-state index contributed by atoms with van der Waals surface area (Å²) in [4.78, 5) is 15.8. The normalized spacial score (nSPS) is 25.3. The standard InChI is InChI=1S/C22H21FN4O/c23-15-4-6-16(7-5-15)27-19-3-1-2-17-21(19)18(24-27)12-26(22(17)28)20-13-25-10-8-14(20)9-11-25/h1-7,12,14,20,24H,8-11,13H2/t20-/m0/s1. The fourth-order valence-electron chi connectivity index (χ4n) is 5.14. The Balaban J connectivity index is 1.49. The van der Waals surface area contributed by atoms with E-state index in [4.69, 9.17) is 0 Å². The minimum absolute atomic E-state index is 0.0853. The van der Waals surface area contributed by atoms with Gasteiger partial charge in [-0.15, -0.1) is 0 Å². The van der Waals surface area contributed by atoms with Gasteiger partial charge in [0.05, 0.1) is 28.5 Å². The number of rotatable bonds is 2. The van der Waals surface area contributed by atoms with Crippen LogP contribution in [0.3, 0.4) is 0 Å². The quantitative estimate of drug-likeness (QED) is 0.737. The summed E-state index contributed by atoms with van der Waals surface area (Å²) < 4.78 is 15.3. The van der Waals surface area contributed by atoms with Gasteiger partial charge in [-0.3, -0.25) is 15.2 Å². The lowest BCUT2D eigenvalue weighted by Crippen LogP contribution is -2.49. The van der Waals surface area contributed by atoms with E-state index in [2.05, 4.69) is 10.3 Å². The minimum atomic E-state index is -0.263. The first-order valence-electron chi connectivity index (χ1n) is 9.91. The van der Waals surface area contributed by atoms with Crippen LogP contribution < -0.4 is 16.0 Å². The maximum atomic E-state index is 13.4. The van der Waals surface area contributed by atoms with Gasteiger partial charge in [0.25, 0.3) is 5.56 Å². The number of hydrogen-bond acceptors (Lipinski definition) is 4. The van der Waals surface area contributed by atoms with Crippen LogP contribution in [0.2, 0.25) is 0 Å². The fourth-order valence-corrected chi connectivity index (χ4v) is 5.14. The first-order valence-corrected chi connectivity index (χ1v) is 9.91. The van der Waals surface area contributed by atoms with E-state index in [1.54, 1.807) is 12.1 Å². The average molecular weight is 376 g/mol. The number of anilines is 3. The third-order valence-corrected chi connectivity index (χ3v) is 6.58. The van der Waals surface area contributed by atoms with Gasteiger partial charge >= 0.3 is 0 Å². The summed E-state index contributed by atoms with van der Waals surface area (Å²) in [5.74, 6) is 0.311. The molecule has 7 rings (SSSR count). The predicted molar refractivity (Wildman–Crippen MR) is 109 cm³/mol. The lowest BCUT2D eigenvalue weighted by atomic mass is 9.83. The molecule has 0 aliphatic carbocycles. The molecule has 4 aliphatic heterocycles. The summed E-state index contributed by atoms with van der Waals surface area (Å²) in [6, 6.07) is 12.5. The van der Waals surface area contributed by atoms with Crippen molar-refractivity contribution in [3.8, 4) is 0 Å². The van der Waals surface area contributed by atoms with E-state index < -0.39 is 0 Å². The van der Waals surface area contributed by atoms with Gasteiger partial charge in [0.2, 0.25) is 0 Å². The van der Waals surface area contributed by atoms with Gasteiger partial charge in [-0.1, -0.05) is 6.07 Å². The van der Waals surface area contributed by atoms with Crippen molar-refractivity contribution in [2.24, 2.45) is 5.92 Å². The molecule has 0 radical (unpaired) electrons. The molecule has 0 saturated carbocycles. The second-order valence-corrected chi connectivity index (χ2v) is 8.08. The first-order chi connectivity index (χ1) is 13.7. The molecule has 5 nitrogen and oxygen atoms in total. The smallest absolute Gasteiger partial charge is 0.258 e. The van der Waals surface area contributed by atoms with Gasteiger partial charge in [-0.25, -0.2) is 4.39 Å². The third-order valence-electron chi connectivity index (χ3n) is 6.58. The molecule has 28 heavy (non-hydrogen) atoms. The number of nitrogens with zero attached hydrogens (tertiary/aromatic N) is 3. The molecule has 1 N–H and O–H groups in total. The zero-order valence-electron chi connectivity index (χ0n) is 15.4. The topological polar surface area (TPSA) is 40.5 Å². The highest BCUT2D eigenvalue weighted by atomic mass is 19.1. The average Bonchev–Trinajstić information content (AvgIpc) is 3.11. The van der Waals surface area contributed by atoms with E-state index in [1.165, 1.54) is 25.0 Å². The van der Waals surface area contributed by atoms with Crippen molar-refractivity contribution in [1.82, 2.24) is 9.47 Å². The van der Waals surface area contributed by atoms with Crippen molar-refractivity contribution in [2.75, 3.05) is 30.1 Å². The van der Waals surface area contributed by atoms with Crippen LogP contribution in [0.1, 0.15) is 18.9 Å². The lowest BCUT2D eigenvalue weighted by molar-refractivity contribution is 0.0557. The molecular formula is C22H21FN4O. The molecule has 6 heteroatoms. The van der Waals surface area contributed by atoms with Gasteiger partial charge in [-0.05, 0) is 68.2 Å². The molecule has 3 fully saturated rings. The van der Waals surface area contributed by atoms with Crippen LogP contribution in [0, 0.1) is 11.7 Å².